The number of nitrogens with zero attached hydrogens (tertiary/aromatic N) is 1. The Morgan fingerprint density at radius 1 is 1.45 bits per heavy atom. The van der Waals surface area contributed by atoms with Gasteiger partial charge in [0, 0.05) is 17.4 Å². The van der Waals surface area contributed by atoms with Crippen LogP contribution in [0.2, 0.25) is 0 Å². The first-order chi connectivity index (χ1) is 9.61. The summed E-state index contributed by atoms with van der Waals surface area (Å²) in [7, 11) is 0. The van der Waals surface area contributed by atoms with E-state index in [9.17, 15) is 9.90 Å². The molecule has 110 valence electrons. The van der Waals surface area contributed by atoms with Gasteiger partial charge in [-0.3, -0.25) is 9.69 Å². The largest absolute Gasteiger partial charge is 0.399 e. The predicted molar refractivity (Wildman–Crippen MR) is 80.4 cm³/mol. The predicted octanol–water partition coefficient (Wildman–Crippen LogP) is 1.44. The molecule has 0 spiro atoms. The van der Waals surface area contributed by atoms with E-state index in [1.54, 1.807) is 24.3 Å². The number of likely N-dealkylation sites (tertiary alicyclic amines) is 1. The highest BCUT2D eigenvalue weighted by Gasteiger charge is 2.29. The minimum atomic E-state index is -0.245. The molecule has 1 aromatic rings. The molecule has 2 atom stereocenters. The maximum Gasteiger partial charge on any atom is 0.241 e. The molecule has 0 aromatic heterocycles. The van der Waals surface area contributed by atoms with Crippen LogP contribution in [0.1, 0.15) is 26.2 Å². The zero-order valence-corrected chi connectivity index (χ0v) is 11.9. The third kappa shape index (κ3) is 3.49. The van der Waals surface area contributed by atoms with Crippen molar-refractivity contribution in [3.05, 3.63) is 24.3 Å². The molecule has 5 heteroatoms. The Morgan fingerprint density at radius 3 is 2.80 bits per heavy atom. The van der Waals surface area contributed by atoms with Crippen LogP contribution in [0.15, 0.2) is 24.3 Å². The van der Waals surface area contributed by atoms with E-state index < -0.39 is 0 Å². The van der Waals surface area contributed by atoms with Crippen molar-refractivity contribution in [3.63, 3.8) is 0 Å². The average molecular weight is 277 g/mol. The number of anilines is 2. The highest BCUT2D eigenvalue weighted by atomic mass is 16.3. The summed E-state index contributed by atoms with van der Waals surface area (Å²) < 4.78 is 0. The van der Waals surface area contributed by atoms with Crippen LogP contribution in [-0.2, 0) is 4.79 Å². The van der Waals surface area contributed by atoms with Crippen LogP contribution in [0.4, 0.5) is 11.4 Å². The first-order valence-electron chi connectivity index (χ1n) is 7.15. The van der Waals surface area contributed by atoms with E-state index in [0.29, 0.717) is 5.69 Å². The third-order valence-corrected chi connectivity index (χ3v) is 3.94. The van der Waals surface area contributed by atoms with E-state index in [1.807, 2.05) is 6.92 Å². The number of aliphatic hydroxyl groups excluding tert-OH is 1. The Morgan fingerprint density at radius 2 is 2.15 bits per heavy atom. The Hall–Kier alpha value is -1.59. The van der Waals surface area contributed by atoms with Gasteiger partial charge in [0.05, 0.1) is 12.6 Å². The van der Waals surface area contributed by atoms with Crippen LogP contribution in [0.3, 0.4) is 0 Å². The molecule has 0 bridgehead atoms. The van der Waals surface area contributed by atoms with E-state index in [1.165, 1.54) is 0 Å². The number of hydrogen-bond acceptors (Lipinski definition) is 4. The van der Waals surface area contributed by atoms with Gasteiger partial charge in [0.2, 0.25) is 5.91 Å². The summed E-state index contributed by atoms with van der Waals surface area (Å²) in [6.45, 7) is 2.86. The van der Waals surface area contributed by atoms with Gasteiger partial charge < -0.3 is 16.2 Å². The SMILES string of the molecule is CC(C(=O)Nc1ccc(N)cc1)N1CCCCC1CO. The standard InChI is InChI=1S/C15H23N3O2/c1-11(18-9-3-2-4-14(18)10-19)15(20)17-13-7-5-12(16)6-8-13/h5-8,11,14,19H,2-4,9-10,16H2,1H3,(H,17,20). The Kier molecular flexibility index (Phi) is 4.98. The lowest BCUT2D eigenvalue weighted by Gasteiger charge is -2.38. The van der Waals surface area contributed by atoms with Crippen LogP contribution < -0.4 is 11.1 Å². The van der Waals surface area contributed by atoms with Crippen LogP contribution >= 0.6 is 0 Å². The molecule has 0 radical (unpaired) electrons. The van der Waals surface area contributed by atoms with Crippen molar-refractivity contribution < 1.29 is 9.90 Å². The summed E-state index contributed by atoms with van der Waals surface area (Å²) in [6, 6.07) is 6.95. The zero-order valence-electron chi connectivity index (χ0n) is 11.9. The molecule has 0 aliphatic carbocycles. The number of carbonyl (C=O) groups is 1. The fourth-order valence-corrected chi connectivity index (χ4v) is 2.69. The van der Waals surface area contributed by atoms with E-state index in [-0.39, 0.29) is 24.6 Å². The smallest absolute Gasteiger partial charge is 0.241 e. The number of piperidine rings is 1. The molecule has 4 N–H and O–H groups in total. The van der Waals surface area contributed by atoms with Gasteiger partial charge in [0.15, 0.2) is 0 Å². The number of benzene rings is 1. The lowest BCUT2D eigenvalue weighted by Crippen LogP contribution is -2.51. The van der Waals surface area contributed by atoms with Crippen LogP contribution in [-0.4, -0.2) is 41.1 Å². The minimum absolute atomic E-state index is 0.0462. The molecular weight excluding hydrogens is 254 g/mol. The van der Waals surface area contributed by atoms with E-state index in [0.717, 1.165) is 31.5 Å². The summed E-state index contributed by atoms with van der Waals surface area (Å²) in [4.78, 5) is 14.4. The van der Waals surface area contributed by atoms with Crippen molar-refractivity contribution in [2.45, 2.75) is 38.3 Å². The van der Waals surface area contributed by atoms with Crippen molar-refractivity contribution >= 4 is 17.3 Å². The second kappa shape index (κ2) is 6.72. The molecule has 5 nitrogen and oxygen atoms in total. The quantitative estimate of drug-likeness (QED) is 0.728. The Balaban J connectivity index is 1.98. The Bertz CT molecular complexity index is 447. The fraction of sp³-hybridized carbons (Fsp3) is 0.533. The highest BCUT2D eigenvalue weighted by molar-refractivity contribution is 5.94. The van der Waals surface area contributed by atoms with E-state index >= 15 is 0 Å². The summed E-state index contributed by atoms with van der Waals surface area (Å²) in [5.74, 6) is -0.0462. The maximum absolute atomic E-state index is 12.3. The summed E-state index contributed by atoms with van der Waals surface area (Å²) in [6.07, 6.45) is 3.15. The first kappa shape index (κ1) is 14.8. The second-order valence-electron chi connectivity index (χ2n) is 5.36. The Labute approximate surface area is 119 Å². The monoisotopic (exact) mass is 277 g/mol. The summed E-state index contributed by atoms with van der Waals surface area (Å²) in [5, 5.41) is 12.3. The van der Waals surface area contributed by atoms with E-state index in [4.69, 9.17) is 5.73 Å². The normalized spacial score (nSPS) is 21.4. The fourth-order valence-electron chi connectivity index (χ4n) is 2.69. The van der Waals surface area contributed by atoms with Gasteiger partial charge in [0.1, 0.15) is 0 Å². The lowest BCUT2D eigenvalue weighted by atomic mass is 10.0. The second-order valence-corrected chi connectivity index (χ2v) is 5.36. The molecule has 1 heterocycles. The number of hydrogen-bond donors (Lipinski definition) is 3. The molecular formula is C15H23N3O2. The van der Waals surface area contributed by atoms with Crippen LogP contribution in [0.25, 0.3) is 0 Å². The topological polar surface area (TPSA) is 78.6 Å². The van der Waals surface area contributed by atoms with Gasteiger partial charge in [-0.15, -0.1) is 0 Å². The lowest BCUT2D eigenvalue weighted by molar-refractivity contribution is -0.122. The van der Waals surface area contributed by atoms with Gasteiger partial charge in [-0.05, 0) is 50.6 Å². The van der Waals surface area contributed by atoms with Crippen molar-refractivity contribution in [1.82, 2.24) is 4.90 Å². The van der Waals surface area contributed by atoms with Gasteiger partial charge in [0.25, 0.3) is 0 Å². The molecule has 1 aliphatic heterocycles. The summed E-state index contributed by atoms with van der Waals surface area (Å²) in [5.41, 5.74) is 7.04. The maximum atomic E-state index is 12.3. The molecule has 1 aliphatic rings. The van der Waals surface area contributed by atoms with E-state index in [2.05, 4.69) is 10.2 Å². The zero-order chi connectivity index (χ0) is 14.5. The number of rotatable bonds is 4. The number of carbonyl (C=O) groups excluding carboxylic acids is 1. The van der Waals surface area contributed by atoms with Crippen molar-refractivity contribution in [3.8, 4) is 0 Å². The van der Waals surface area contributed by atoms with Gasteiger partial charge in [-0.1, -0.05) is 6.42 Å². The van der Waals surface area contributed by atoms with Crippen LogP contribution in [0.5, 0.6) is 0 Å². The molecule has 1 aromatic carbocycles. The number of nitrogens with two attached hydrogens (primary N) is 1. The number of amides is 1. The molecule has 2 rings (SSSR count). The van der Waals surface area contributed by atoms with Crippen molar-refractivity contribution in [2.24, 2.45) is 0 Å². The highest BCUT2D eigenvalue weighted by Crippen LogP contribution is 2.20. The number of nitrogens with one attached hydrogen (secondary N) is 1. The molecule has 20 heavy (non-hydrogen) atoms. The number of aliphatic hydroxyl groups is 1. The molecule has 1 amide bonds. The van der Waals surface area contributed by atoms with Crippen molar-refractivity contribution in [1.29, 1.82) is 0 Å². The minimum Gasteiger partial charge on any atom is -0.399 e. The summed E-state index contributed by atoms with van der Waals surface area (Å²) >= 11 is 0. The molecule has 1 fully saturated rings. The van der Waals surface area contributed by atoms with Gasteiger partial charge >= 0.3 is 0 Å². The first-order valence-corrected chi connectivity index (χ1v) is 7.15. The van der Waals surface area contributed by atoms with Gasteiger partial charge in [-0.25, -0.2) is 0 Å². The van der Waals surface area contributed by atoms with Gasteiger partial charge in [-0.2, -0.15) is 0 Å². The molecule has 2 unspecified atom stereocenters. The average Bonchev–Trinajstić information content (AvgIpc) is 2.48. The third-order valence-electron chi connectivity index (χ3n) is 3.94. The van der Waals surface area contributed by atoms with Crippen LogP contribution in [0, 0.1) is 0 Å². The van der Waals surface area contributed by atoms with Crippen molar-refractivity contribution in [2.75, 3.05) is 24.2 Å². The molecule has 1 saturated heterocycles. The number of nitrogen functional groups attached to an aromatic ring is 1. The molecule has 0 saturated carbocycles.